The van der Waals surface area contributed by atoms with E-state index >= 15 is 0 Å². The number of methoxy groups -OCH3 is 1. The number of hydrogen-bond donors (Lipinski definition) is 1. The lowest BCUT2D eigenvalue weighted by Gasteiger charge is -2.22. The Morgan fingerprint density at radius 3 is 2.88 bits per heavy atom. The summed E-state index contributed by atoms with van der Waals surface area (Å²) in [6, 6.07) is 0.0608. The van der Waals surface area contributed by atoms with Crippen molar-refractivity contribution in [3.8, 4) is 11.8 Å². The number of esters is 1. The molecule has 0 aromatic rings. The minimum atomic E-state index is -0.763. The van der Waals surface area contributed by atoms with Gasteiger partial charge in [-0.1, -0.05) is 31.8 Å². The summed E-state index contributed by atoms with van der Waals surface area (Å²) in [5.41, 5.74) is 0. The van der Waals surface area contributed by atoms with Crippen LogP contribution in [-0.4, -0.2) is 47.7 Å². The minimum Gasteiger partial charge on any atom is -0.469 e. The predicted molar refractivity (Wildman–Crippen MR) is 93.0 cm³/mol. The first-order chi connectivity index (χ1) is 11.6. The highest BCUT2D eigenvalue weighted by molar-refractivity contribution is 5.79. The first kappa shape index (κ1) is 20.2. The summed E-state index contributed by atoms with van der Waals surface area (Å²) in [6.45, 7) is 2.66. The number of aliphatic hydroxyl groups is 1. The lowest BCUT2D eigenvalue weighted by atomic mass is 10.1. The van der Waals surface area contributed by atoms with Gasteiger partial charge >= 0.3 is 5.97 Å². The van der Waals surface area contributed by atoms with E-state index in [-0.39, 0.29) is 17.9 Å². The van der Waals surface area contributed by atoms with Crippen LogP contribution in [-0.2, 0) is 14.3 Å². The smallest absolute Gasteiger partial charge is 0.305 e. The van der Waals surface area contributed by atoms with E-state index in [0.717, 1.165) is 45.1 Å². The number of carbonyl (C=O) groups excluding carboxylic acids is 2. The lowest BCUT2D eigenvalue weighted by Crippen LogP contribution is -2.32. The summed E-state index contributed by atoms with van der Waals surface area (Å²) in [5, 5.41) is 9.73. The van der Waals surface area contributed by atoms with Gasteiger partial charge in [0.15, 0.2) is 0 Å². The van der Waals surface area contributed by atoms with Crippen LogP contribution in [0.25, 0.3) is 0 Å². The Morgan fingerprint density at radius 2 is 2.17 bits per heavy atom. The highest BCUT2D eigenvalue weighted by atomic mass is 16.5. The van der Waals surface area contributed by atoms with E-state index in [9.17, 15) is 14.7 Å². The summed E-state index contributed by atoms with van der Waals surface area (Å²) in [6.07, 6.45) is 9.05. The normalized spacial score (nSPS) is 18.5. The third-order valence-electron chi connectivity index (χ3n) is 4.07. The largest absolute Gasteiger partial charge is 0.469 e. The van der Waals surface area contributed by atoms with Gasteiger partial charge in [-0.25, -0.2) is 0 Å². The SMILES string of the molecule is CCC#C[C@@H](O)/C=C/[C@H]1CCC(=O)N1CCCCCCC(=O)OC. The molecule has 5 heteroatoms. The van der Waals surface area contributed by atoms with Crippen molar-refractivity contribution in [2.75, 3.05) is 13.7 Å². The van der Waals surface area contributed by atoms with Gasteiger partial charge in [0.05, 0.1) is 13.2 Å². The molecule has 1 fully saturated rings. The molecule has 1 aliphatic rings. The van der Waals surface area contributed by atoms with Crippen LogP contribution in [0.15, 0.2) is 12.2 Å². The van der Waals surface area contributed by atoms with E-state index in [2.05, 4.69) is 16.6 Å². The number of carbonyl (C=O) groups is 2. The second-order valence-corrected chi connectivity index (χ2v) is 5.94. The molecule has 1 heterocycles. The van der Waals surface area contributed by atoms with Gasteiger partial charge in [-0.05, 0) is 25.3 Å². The van der Waals surface area contributed by atoms with Gasteiger partial charge in [0.25, 0.3) is 0 Å². The molecule has 1 saturated heterocycles. The molecule has 0 saturated carbocycles. The van der Waals surface area contributed by atoms with Crippen LogP contribution < -0.4 is 0 Å². The van der Waals surface area contributed by atoms with Crippen LogP contribution in [0.2, 0.25) is 0 Å². The molecule has 0 aromatic heterocycles. The molecule has 134 valence electrons. The number of ether oxygens (including phenoxy) is 1. The molecule has 5 nitrogen and oxygen atoms in total. The van der Waals surface area contributed by atoms with Crippen molar-refractivity contribution in [1.29, 1.82) is 0 Å². The summed E-state index contributed by atoms with van der Waals surface area (Å²) >= 11 is 0. The van der Waals surface area contributed by atoms with Crippen molar-refractivity contribution in [2.24, 2.45) is 0 Å². The van der Waals surface area contributed by atoms with Gasteiger partial charge in [-0.2, -0.15) is 0 Å². The maximum absolute atomic E-state index is 12.0. The molecular weight excluding hydrogens is 306 g/mol. The Bertz CT molecular complexity index is 489. The van der Waals surface area contributed by atoms with Crippen LogP contribution in [0, 0.1) is 11.8 Å². The first-order valence-electron chi connectivity index (χ1n) is 8.79. The zero-order valence-electron chi connectivity index (χ0n) is 14.8. The molecule has 1 rings (SSSR count). The van der Waals surface area contributed by atoms with Crippen molar-refractivity contribution >= 4 is 11.9 Å². The minimum absolute atomic E-state index is 0.0608. The third kappa shape index (κ3) is 7.65. The number of aliphatic hydroxyl groups excluding tert-OH is 1. The van der Waals surface area contributed by atoms with Crippen LogP contribution in [0.1, 0.15) is 58.3 Å². The average molecular weight is 335 g/mol. The molecule has 0 bridgehead atoms. The van der Waals surface area contributed by atoms with Gasteiger partial charge in [-0.3, -0.25) is 9.59 Å². The Morgan fingerprint density at radius 1 is 1.42 bits per heavy atom. The summed E-state index contributed by atoms with van der Waals surface area (Å²) in [7, 11) is 1.40. The van der Waals surface area contributed by atoms with Gasteiger partial charge in [0.1, 0.15) is 6.10 Å². The van der Waals surface area contributed by atoms with Gasteiger partial charge < -0.3 is 14.7 Å². The number of hydrogen-bond acceptors (Lipinski definition) is 4. The van der Waals surface area contributed by atoms with E-state index in [1.165, 1.54) is 7.11 Å². The Hall–Kier alpha value is -1.80. The van der Waals surface area contributed by atoms with Gasteiger partial charge in [0, 0.05) is 25.8 Å². The van der Waals surface area contributed by atoms with E-state index in [1.807, 2.05) is 17.9 Å². The third-order valence-corrected chi connectivity index (χ3v) is 4.07. The molecule has 1 N–H and O–H groups in total. The summed E-state index contributed by atoms with van der Waals surface area (Å²) in [4.78, 5) is 24.9. The van der Waals surface area contributed by atoms with Crippen molar-refractivity contribution in [1.82, 2.24) is 4.90 Å². The highest BCUT2D eigenvalue weighted by Gasteiger charge is 2.28. The molecule has 2 atom stereocenters. The number of rotatable bonds is 9. The number of amides is 1. The number of nitrogens with zero attached hydrogens (tertiary/aromatic N) is 1. The van der Waals surface area contributed by atoms with Crippen LogP contribution in [0.4, 0.5) is 0 Å². The topological polar surface area (TPSA) is 66.8 Å². The fourth-order valence-corrected chi connectivity index (χ4v) is 2.74. The summed E-state index contributed by atoms with van der Waals surface area (Å²) in [5.74, 6) is 5.59. The van der Waals surface area contributed by atoms with E-state index < -0.39 is 6.10 Å². The van der Waals surface area contributed by atoms with E-state index in [1.54, 1.807) is 6.08 Å². The van der Waals surface area contributed by atoms with E-state index in [0.29, 0.717) is 12.8 Å². The predicted octanol–water partition coefficient (Wildman–Crippen LogP) is 2.43. The lowest BCUT2D eigenvalue weighted by molar-refractivity contribution is -0.140. The molecule has 0 aliphatic carbocycles. The quantitative estimate of drug-likeness (QED) is 0.304. The Balaban J connectivity index is 2.32. The van der Waals surface area contributed by atoms with Crippen LogP contribution >= 0.6 is 0 Å². The van der Waals surface area contributed by atoms with E-state index in [4.69, 9.17) is 0 Å². The molecule has 0 radical (unpaired) electrons. The average Bonchev–Trinajstić information content (AvgIpc) is 2.93. The number of likely N-dealkylation sites (tertiary alicyclic amines) is 1. The second kappa shape index (κ2) is 11.7. The monoisotopic (exact) mass is 335 g/mol. The van der Waals surface area contributed by atoms with Gasteiger partial charge in [0.2, 0.25) is 5.91 Å². The van der Waals surface area contributed by atoms with Crippen LogP contribution in [0.3, 0.4) is 0 Å². The fraction of sp³-hybridized carbons (Fsp3) is 0.684. The molecule has 1 amide bonds. The highest BCUT2D eigenvalue weighted by Crippen LogP contribution is 2.21. The number of unbranched alkanes of at least 4 members (excludes halogenated alkanes) is 3. The summed E-state index contributed by atoms with van der Waals surface area (Å²) < 4.78 is 4.61. The molecule has 0 unspecified atom stereocenters. The molecule has 0 aromatic carbocycles. The zero-order chi connectivity index (χ0) is 17.8. The molecular formula is C19H29NO4. The Labute approximate surface area is 145 Å². The first-order valence-corrected chi connectivity index (χ1v) is 8.79. The Kier molecular flexibility index (Phi) is 9.86. The molecule has 1 aliphatic heterocycles. The van der Waals surface area contributed by atoms with Crippen LogP contribution in [0.5, 0.6) is 0 Å². The van der Waals surface area contributed by atoms with Crippen molar-refractivity contribution < 1.29 is 19.4 Å². The van der Waals surface area contributed by atoms with Gasteiger partial charge in [-0.15, -0.1) is 5.92 Å². The van der Waals surface area contributed by atoms with Crippen molar-refractivity contribution in [3.63, 3.8) is 0 Å². The maximum Gasteiger partial charge on any atom is 0.305 e. The standard InChI is InChI=1S/C19H29NO4/c1-3-4-9-17(21)13-11-16-12-14-18(22)20(16)15-8-6-5-7-10-19(23)24-2/h11,13,16-17,21H,3,5-8,10,12,14-15H2,1-2H3/b13-11+/t16-,17+/m0/s1. The maximum atomic E-state index is 12.0. The fourth-order valence-electron chi connectivity index (χ4n) is 2.74. The van der Waals surface area contributed by atoms with Crippen molar-refractivity contribution in [3.05, 3.63) is 12.2 Å². The molecule has 0 spiro atoms. The van der Waals surface area contributed by atoms with Crippen molar-refractivity contribution in [2.45, 2.75) is 70.4 Å². The zero-order valence-corrected chi connectivity index (χ0v) is 14.8. The molecule has 24 heavy (non-hydrogen) atoms. The second-order valence-electron chi connectivity index (χ2n) is 5.94.